The van der Waals surface area contributed by atoms with Crippen molar-refractivity contribution in [2.24, 2.45) is 5.73 Å². The molecular weight excluding hydrogens is 146 g/mol. The van der Waals surface area contributed by atoms with Crippen LogP contribution in [-0.4, -0.2) is 11.7 Å². The Hall–Kier alpha value is -0.410. The minimum Gasteiger partial charge on any atom is -0.402 e. The summed E-state index contributed by atoms with van der Waals surface area (Å²) >= 11 is 1.42. The van der Waals surface area contributed by atoms with Gasteiger partial charge in [-0.1, -0.05) is 18.3 Å². The Morgan fingerprint density at radius 3 is 2.20 bits per heavy atom. The Morgan fingerprint density at radius 1 is 1.60 bits per heavy atom. The molecule has 0 bridgehead atoms. The van der Waals surface area contributed by atoms with E-state index in [2.05, 4.69) is 6.58 Å². The number of rotatable bonds is 3. The Kier molecular flexibility index (Phi) is 4.23. The summed E-state index contributed by atoms with van der Waals surface area (Å²) in [5, 5.41) is 8.75. The van der Waals surface area contributed by atoms with Crippen LogP contribution in [-0.2, 0) is 0 Å². The SMILES string of the molecule is C=C(C)S/C(CO)=C(/C)N. The highest BCUT2D eigenvalue weighted by Crippen LogP contribution is 2.23. The van der Waals surface area contributed by atoms with Crippen molar-refractivity contribution in [3.63, 3.8) is 0 Å². The van der Waals surface area contributed by atoms with E-state index in [1.54, 1.807) is 6.92 Å². The van der Waals surface area contributed by atoms with Gasteiger partial charge in [-0.25, -0.2) is 0 Å². The molecule has 0 heterocycles. The molecule has 0 aliphatic rings. The minimum absolute atomic E-state index is 0.000139. The lowest BCUT2D eigenvalue weighted by Crippen LogP contribution is -1.98. The predicted octanol–water partition coefficient (Wildman–Crippen LogP) is 1.44. The molecule has 0 spiro atoms. The quantitative estimate of drug-likeness (QED) is 0.655. The van der Waals surface area contributed by atoms with E-state index in [0.29, 0.717) is 5.70 Å². The zero-order valence-electron chi connectivity index (χ0n) is 6.35. The molecule has 0 radical (unpaired) electrons. The summed E-state index contributed by atoms with van der Waals surface area (Å²) in [5.74, 6) is 0. The largest absolute Gasteiger partial charge is 0.402 e. The van der Waals surface area contributed by atoms with Crippen molar-refractivity contribution in [3.05, 3.63) is 22.1 Å². The standard InChI is InChI=1S/C7H13NOS/c1-5(2)10-7(4-9)6(3)8/h9H,1,4,8H2,2-3H3/b7-6-. The van der Waals surface area contributed by atoms with Gasteiger partial charge in [0, 0.05) is 10.6 Å². The molecule has 3 heteroatoms. The molecular formula is C7H13NOS. The number of aliphatic hydroxyl groups excluding tert-OH is 1. The molecule has 0 saturated heterocycles. The van der Waals surface area contributed by atoms with Crippen molar-refractivity contribution in [1.29, 1.82) is 0 Å². The lowest BCUT2D eigenvalue weighted by molar-refractivity contribution is 0.338. The van der Waals surface area contributed by atoms with Crippen molar-refractivity contribution < 1.29 is 5.11 Å². The molecule has 0 aliphatic carbocycles. The monoisotopic (exact) mass is 159 g/mol. The smallest absolute Gasteiger partial charge is 0.0761 e. The van der Waals surface area contributed by atoms with Gasteiger partial charge >= 0.3 is 0 Å². The van der Waals surface area contributed by atoms with Crippen molar-refractivity contribution >= 4 is 11.8 Å². The van der Waals surface area contributed by atoms with Gasteiger partial charge in [-0.2, -0.15) is 0 Å². The summed E-state index contributed by atoms with van der Waals surface area (Å²) in [6.07, 6.45) is 0. The van der Waals surface area contributed by atoms with E-state index in [-0.39, 0.29) is 6.61 Å². The van der Waals surface area contributed by atoms with E-state index in [4.69, 9.17) is 10.8 Å². The first-order chi connectivity index (χ1) is 4.57. The zero-order valence-corrected chi connectivity index (χ0v) is 7.16. The number of allylic oxidation sites excluding steroid dienone is 2. The fourth-order valence-electron chi connectivity index (χ4n) is 0.448. The van der Waals surface area contributed by atoms with Crippen molar-refractivity contribution in [1.82, 2.24) is 0 Å². The van der Waals surface area contributed by atoms with Gasteiger partial charge in [0.15, 0.2) is 0 Å². The predicted molar refractivity (Wildman–Crippen MR) is 46.4 cm³/mol. The van der Waals surface area contributed by atoms with Crippen LogP contribution in [0, 0.1) is 0 Å². The van der Waals surface area contributed by atoms with E-state index >= 15 is 0 Å². The molecule has 3 N–H and O–H groups in total. The van der Waals surface area contributed by atoms with E-state index in [0.717, 1.165) is 9.81 Å². The lowest BCUT2D eigenvalue weighted by Gasteiger charge is -2.03. The number of hydrogen-bond acceptors (Lipinski definition) is 3. The molecule has 0 fully saturated rings. The van der Waals surface area contributed by atoms with E-state index in [1.807, 2.05) is 6.92 Å². The number of nitrogens with two attached hydrogens (primary N) is 1. The van der Waals surface area contributed by atoms with Crippen LogP contribution in [0.5, 0.6) is 0 Å². The molecule has 0 aliphatic heterocycles. The van der Waals surface area contributed by atoms with Gasteiger partial charge in [0.2, 0.25) is 0 Å². The van der Waals surface area contributed by atoms with Crippen molar-refractivity contribution in [3.8, 4) is 0 Å². The Labute approximate surface area is 65.8 Å². The maximum atomic E-state index is 8.75. The maximum absolute atomic E-state index is 8.75. The molecule has 0 rings (SSSR count). The fourth-order valence-corrected chi connectivity index (χ4v) is 1.09. The second-order valence-electron chi connectivity index (χ2n) is 2.07. The fraction of sp³-hybridized carbons (Fsp3) is 0.429. The van der Waals surface area contributed by atoms with E-state index in [1.165, 1.54) is 11.8 Å². The van der Waals surface area contributed by atoms with Crippen molar-refractivity contribution in [2.45, 2.75) is 13.8 Å². The zero-order chi connectivity index (χ0) is 8.15. The summed E-state index contributed by atoms with van der Waals surface area (Å²) in [6, 6.07) is 0. The lowest BCUT2D eigenvalue weighted by atomic mass is 10.5. The third kappa shape index (κ3) is 3.58. The number of thioether (sulfide) groups is 1. The van der Waals surface area contributed by atoms with Gasteiger partial charge in [-0.05, 0) is 18.8 Å². The average Bonchev–Trinajstić information content (AvgIpc) is 1.81. The molecule has 0 amide bonds. The summed E-state index contributed by atoms with van der Waals surface area (Å²) in [7, 11) is 0. The van der Waals surface area contributed by atoms with Crippen LogP contribution in [0.3, 0.4) is 0 Å². The highest BCUT2D eigenvalue weighted by molar-refractivity contribution is 8.06. The van der Waals surface area contributed by atoms with Crippen molar-refractivity contribution in [2.75, 3.05) is 6.61 Å². The first-order valence-corrected chi connectivity index (χ1v) is 3.79. The van der Waals surface area contributed by atoms with Gasteiger partial charge in [-0.3, -0.25) is 0 Å². The van der Waals surface area contributed by atoms with Gasteiger partial charge in [0.1, 0.15) is 0 Å². The van der Waals surface area contributed by atoms with Crippen LogP contribution < -0.4 is 5.73 Å². The summed E-state index contributed by atoms with van der Waals surface area (Å²) < 4.78 is 0. The molecule has 0 unspecified atom stereocenters. The first-order valence-electron chi connectivity index (χ1n) is 2.97. The van der Waals surface area contributed by atoms with Crippen LogP contribution in [0.2, 0.25) is 0 Å². The average molecular weight is 159 g/mol. The van der Waals surface area contributed by atoms with Gasteiger partial charge in [0.05, 0.1) is 6.61 Å². The molecule has 0 atom stereocenters. The molecule has 0 saturated carbocycles. The molecule has 0 aromatic carbocycles. The van der Waals surface area contributed by atoms with Gasteiger partial charge < -0.3 is 10.8 Å². The third-order valence-corrected chi connectivity index (χ3v) is 1.93. The molecule has 2 nitrogen and oxygen atoms in total. The molecule has 0 aromatic heterocycles. The minimum atomic E-state index is -0.000139. The summed E-state index contributed by atoms with van der Waals surface area (Å²) in [4.78, 5) is 1.72. The van der Waals surface area contributed by atoms with Gasteiger partial charge in [-0.15, -0.1) is 0 Å². The second kappa shape index (κ2) is 4.41. The summed E-state index contributed by atoms with van der Waals surface area (Å²) in [5.41, 5.74) is 6.12. The van der Waals surface area contributed by atoms with E-state index in [9.17, 15) is 0 Å². The number of hydrogen-bond donors (Lipinski definition) is 2. The maximum Gasteiger partial charge on any atom is 0.0761 e. The Balaban J connectivity index is 4.11. The van der Waals surface area contributed by atoms with Crippen LogP contribution in [0.25, 0.3) is 0 Å². The Bertz CT molecular complexity index is 159. The topological polar surface area (TPSA) is 46.2 Å². The Morgan fingerprint density at radius 2 is 2.10 bits per heavy atom. The third-order valence-electron chi connectivity index (χ3n) is 0.881. The van der Waals surface area contributed by atoms with Gasteiger partial charge in [0.25, 0.3) is 0 Å². The van der Waals surface area contributed by atoms with Crippen LogP contribution in [0.4, 0.5) is 0 Å². The molecule has 58 valence electrons. The van der Waals surface area contributed by atoms with E-state index < -0.39 is 0 Å². The van der Waals surface area contributed by atoms with Crippen LogP contribution in [0.15, 0.2) is 22.1 Å². The normalized spacial score (nSPS) is 12.7. The first kappa shape index (κ1) is 9.59. The second-order valence-corrected chi connectivity index (χ2v) is 3.46. The molecule has 10 heavy (non-hydrogen) atoms. The highest BCUT2D eigenvalue weighted by Gasteiger charge is 1.98. The van der Waals surface area contributed by atoms with Crippen LogP contribution in [0.1, 0.15) is 13.8 Å². The number of aliphatic hydroxyl groups is 1. The summed E-state index contributed by atoms with van der Waals surface area (Å²) in [6.45, 7) is 7.33. The van der Waals surface area contributed by atoms with Crippen LogP contribution >= 0.6 is 11.8 Å². The highest BCUT2D eigenvalue weighted by atomic mass is 32.2. The molecule has 0 aromatic rings.